The maximum atomic E-state index is 9.19. The van der Waals surface area contributed by atoms with Gasteiger partial charge in [-0.05, 0) is 24.3 Å². The first-order chi connectivity index (χ1) is 6.29. The maximum Gasteiger partial charge on any atom is 0.134 e. The van der Waals surface area contributed by atoms with Gasteiger partial charge in [0.05, 0.1) is 18.8 Å². The molecule has 0 atom stereocenters. The van der Waals surface area contributed by atoms with E-state index in [9.17, 15) is 5.11 Å². The van der Waals surface area contributed by atoms with Gasteiger partial charge in [-0.1, -0.05) is 0 Å². The Hall–Kier alpha value is -1.77. The monoisotopic (exact) mass is 175 g/mol. The summed E-state index contributed by atoms with van der Waals surface area (Å²) in [4.78, 5) is 4.05. The topological polar surface area (TPSA) is 42.4 Å². The fourth-order valence-electron chi connectivity index (χ4n) is 1.23. The molecule has 1 aromatic heterocycles. The van der Waals surface area contributed by atoms with Crippen LogP contribution in [0, 0.1) is 0 Å². The summed E-state index contributed by atoms with van der Waals surface area (Å²) in [6, 6.07) is 7.19. The molecule has 0 unspecified atom stereocenters. The van der Waals surface area contributed by atoms with Gasteiger partial charge in [0, 0.05) is 5.39 Å². The summed E-state index contributed by atoms with van der Waals surface area (Å²) in [6.07, 6.45) is 1.43. The lowest BCUT2D eigenvalue weighted by Gasteiger charge is -2.01. The van der Waals surface area contributed by atoms with Crippen LogP contribution in [0.25, 0.3) is 10.9 Å². The molecule has 0 saturated carbocycles. The molecule has 0 aliphatic rings. The van der Waals surface area contributed by atoms with Crippen molar-refractivity contribution in [2.75, 3.05) is 7.11 Å². The standard InChI is InChI=1S/C10H9NO2/c1-13-9-2-3-10-7(5-9)4-8(12)6-11-10/h2-6,12H,1H3. The highest BCUT2D eigenvalue weighted by atomic mass is 16.5. The summed E-state index contributed by atoms with van der Waals surface area (Å²) in [6.45, 7) is 0. The minimum absolute atomic E-state index is 0.167. The molecule has 0 bridgehead atoms. The first kappa shape index (κ1) is 7.86. The van der Waals surface area contributed by atoms with Crippen LogP contribution in [0.5, 0.6) is 11.5 Å². The molecule has 0 amide bonds. The van der Waals surface area contributed by atoms with E-state index in [1.54, 1.807) is 13.2 Å². The predicted molar refractivity (Wildman–Crippen MR) is 50.0 cm³/mol. The highest BCUT2D eigenvalue weighted by Gasteiger charge is 1.98. The van der Waals surface area contributed by atoms with Crippen molar-refractivity contribution in [1.82, 2.24) is 4.98 Å². The van der Waals surface area contributed by atoms with Crippen molar-refractivity contribution >= 4 is 10.9 Å². The summed E-state index contributed by atoms with van der Waals surface area (Å²) in [7, 11) is 1.61. The number of methoxy groups -OCH3 is 1. The van der Waals surface area contributed by atoms with Crippen LogP contribution in [0.15, 0.2) is 30.5 Å². The molecule has 2 aromatic rings. The lowest BCUT2D eigenvalue weighted by molar-refractivity contribution is 0.415. The van der Waals surface area contributed by atoms with Crippen molar-refractivity contribution < 1.29 is 9.84 Å². The van der Waals surface area contributed by atoms with Crippen molar-refractivity contribution in [1.29, 1.82) is 0 Å². The van der Waals surface area contributed by atoms with Crippen LogP contribution in [0.1, 0.15) is 0 Å². The number of nitrogens with zero attached hydrogens (tertiary/aromatic N) is 1. The Balaban J connectivity index is 2.68. The summed E-state index contributed by atoms with van der Waals surface area (Å²) in [5, 5.41) is 10.1. The molecule has 1 aromatic carbocycles. The summed E-state index contributed by atoms with van der Waals surface area (Å²) in [5.74, 6) is 0.931. The molecule has 66 valence electrons. The number of pyridine rings is 1. The highest BCUT2D eigenvalue weighted by molar-refractivity contribution is 5.81. The Labute approximate surface area is 75.6 Å². The van der Waals surface area contributed by atoms with Crippen molar-refractivity contribution in [3.63, 3.8) is 0 Å². The Morgan fingerprint density at radius 3 is 2.92 bits per heavy atom. The van der Waals surface area contributed by atoms with Gasteiger partial charge in [-0.3, -0.25) is 4.98 Å². The van der Waals surface area contributed by atoms with Gasteiger partial charge in [0.15, 0.2) is 0 Å². The molecule has 3 heteroatoms. The lowest BCUT2D eigenvalue weighted by Crippen LogP contribution is -1.83. The van der Waals surface area contributed by atoms with Gasteiger partial charge in [-0.25, -0.2) is 0 Å². The quantitative estimate of drug-likeness (QED) is 0.720. The number of ether oxygens (including phenoxy) is 1. The van der Waals surface area contributed by atoms with E-state index in [-0.39, 0.29) is 5.75 Å². The third-order valence-electron chi connectivity index (χ3n) is 1.87. The third kappa shape index (κ3) is 1.40. The first-order valence-electron chi connectivity index (χ1n) is 3.92. The van der Waals surface area contributed by atoms with E-state index in [4.69, 9.17) is 4.74 Å². The molecule has 0 saturated heterocycles. The number of rotatable bonds is 1. The number of hydrogen-bond acceptors (Lipinski definition) is 3. The molecule has 0 aliphatic heterocycles. The Morgan fingerprint density at radius 1 is 1.31 bits per heavy atom. The zero-order valence-corrected chi connectivity index (χ0v) is 7.19. The van der Waals surface area contributed by atoms with Gasteiger partial charge in [0.25, 0.3) is 0 Å². The molecule has 1 N–H and O–H groups in total. The predicted octanol–water partition coefficient (Wildman–Crippen LogP) is 1.95. The van der Waals surface area contributed by atoms with Crippen LogP contribution in [0.4, 0.5) is 0 Å². The van der Waals surface area contributed by atoms with Gasteiger partial charge >= 0.3 is 0 Å². The number of aromatic nitrogens is 1. The molecular formula is C10H9NO2. The molecular weight excluding hydrogens is 166 g/mol. The molecule has 13 heavy (non-hydrogen) atoms. The van der Waals surface area contributed by atoms with Crippen molar-refractivity contribution in [2.45, 2.75) is 0 Å². The Kier molecular flexibility index (Phi) is 1.77. The summed E-state index contributed by atoms with van der Waals surface area (Å²) >= 11 is 0. The van der Waals surface area contributed by atoms with E-state index in [0.717, 1.165) is 16.7 Å². The fraction of sp³-hybridized carbons (Fsp3) is 0.100. The van der Waals surface area contributed by atoms with E-state index in [1.807, 2.05) is 18.2 Å². The van der Waals surface area contributed by atoms with Crippen molar-refractivity contribution in [2.24, 2.45) is 0 Å². The lowest BCUT2D eigenvalue weighted by atomic mass is 10.2. The van der Waals surface area contributed by atoms with E-state index in [0.29, 0.717) is 0 Å². The minimum Gasteiger partial charge on any atom is -0.506 e. The first-order valence-corrected chi connectivity index (χ1v) is 3.92. The van der Waals surface area contributed by atoms with E-state index >= 15 is 0 Å². The van der Waals surface area contributed by atoms with Crippen LogP contribution >= 0.6 is 0 Å². The number of fused-ring (bicyclic) bond motifs is 1. The Morgan fingerprint density at radius 2 is 2.15 bits per heavy atom. The molecule has 2 rings (SSSR count). The maximum absolute atomic E-state index is 9.19. The van der Waals surface area contributed by atoms with Crippen molar-refractivity contribution in [3.05, 3.63) is 30.5 Å². The zero-order valence-electron chi connectivity index (χ0n) is 7.19. The number of aromatic hydroxyl groups is 1. The molecule has 0 spiro atoms. The SMILES string of the molecule is COc1ccc2ncc(O)cc2c1. The van der Waals surface area contributed by atoms with Gasteiger partial charge in [-0.2, -0.15) is 0 Å². The third-order valence-corrected chi connectivity index (χ3v) is 1.87. The van der Waals surface area contributed by atoms with Crippen LogP contribution in [0.3, 0.4) is 0 Å². The second kappa shape index (κ2) is 2.94. The normalized spacial score (nSPS) is 10.2. The number of benzene rings is 1. The van der Waals surface area contributed by atoms with Crippen LogP contribution in [0.2, 0.25) is 0 Å². The van der Waals surface area contributed by atoms with Gasteiger partial charge < -0.3 is 9.84 Å². The molecule has 0 fully saturated rings. The molecule has 1 heterocycles. The second-order valence-electron chi connectivity index (χ2n) is 2.75. The average molecular weight is 175 g/mol. The zero-order chi connectivity index (χ0) is 9.26. The summed E-state index contributed by atoms with van der Waals surface area (Å²) in [5.41, 5.74) is 0.846. The van der Waals surface area contributed by atoms with E-state index in [1.165, 1.54) is 6.20 Å². The Bertz CT molecular complexity index is 440. The fourth-order valence-corrected chi connectivity index (χ4v) is 1.23. The van der Waals surface area contributed by atoms with Gasteiger partial charge in [0.1, 0.15) is 11.5 Å². The van der Waals surface area contributed by atoms with Gasteiger partial charge in [-0.15, -0.1) is 0 Å². The molecule has 3 nitrogen and oxygen atoms in total. The van der Waals surface area contributed by atoms with Gasteiger partial charge in [0.2, 0.25) is 0 Å². The highest BCUT2D eigenvalue weighted by Crippen LogP contribution is 2.21. The summed E-state index contributed by atoms with van der Waals surface area (Å²) < 4.78 is 5.05. The number of hydrogen-bond donors (Lipinski definition) is 1. The van der Waals surface area contributed by atoms with Crippen LogP contribution in [-0.2, 0) is 0 Å². The molecule has 0 radical (unpaired) electrons. The average Bonchev–Trinajstić information content (AvgIpc) is 2.16. The molecule has 0 aliphatic carbocycles. The van der Waals surface area contributed by atoms with E-state index < -0.39 is 0 Å². The van der Waals surface area contributed by atoms with Crippen LogP contribution < -0.4 is 4.74 Å². The largest absolute Gasteiger partial charge is 0.506 e. The van der Waals surface area contributed by atoms with Crippen molar-refractivity contribution in [3.8, 4) is 11.5 Å². The minimum atomic E-state index is 0.167. The van der Waals surface area contributed by atoms with E-state index in [2.05, 4.69) is 4.98 Å². The second-order valence-corrected chi connectivity index (χ2v) is 2.75. The smallest absolute Gasteiger partial charge is 0.134 e. The van der Waals surface area contributed by atoms with Crippen LogP contribution in [-0.4, -0.2) is 17.2 Å².